The number of aldehydes is 1. The number of rotatable bonds is 5. The van der Waals surface area contributed by atoms with Crippen molar-refractivity contribution in [3.63, 3.8) is 0 Å². The summed E-state index contributed by atoms with van der Waals surface area (Å²) in [5, 5.41) is 0. The highest BCUT2D eigenvalue weighted by molar-refractivity contribution is 5.60. The van der Waals surface area contributed by atoms with E-state index in [1.165, 1.54) is 64.2 Å². The lowest BCUT2D eigenvalue weighted by molar-refractivity contribution is -0.119. The van der Waals surface area contributed by atoms with Gasteiger partial charge in [-0.2, -0.15) is 0 Å². The molecule has 0 aromatic heterocycles. The van der Waals surface area contributed by atoms with Crippen molar-refractivity contribution >= 4 is 6.29 Å². The van der Waals surface area contributed by atoms with Crippen molar-refractivity contribution in [3.05, 3.63) is 0 Å². The van der Waals surface area contributed by atoms with E-state index < -0.39 is 0 Å². The Bertz CT molecular complexity index is 256. The molecule has 0 amide bonds. The second-order valence-corrected chi connectivity index (χ2v) is 6.45. The minimum Gasteiger partial charge on any atom is -0.303 e. The molecule has 2 heteroatoms. The molecule has 1 heterocycles. The Kier molecular flexibility index (Phi) is 5.23. The molecule has 18 heavy (non-hydrogen) atoms. The predicted octanol–water partition coefficient (Wildman–Crippen LogP) is 3.79. The number of carbonyl (C=O) groups excluding carboxylic acids is 1. The van der Waals surface area contributed by atoms with Crippen molar-refractivity contribution in [2.75, 3.05) is 13.1 Å². The van der Waals surface area contributed by atoms with E-state index in [4.69, 9.17) is 0 Å². The molecule has 1 saturated heterocycles. The molecular weight excluding hydrogens is 222 g/mol. The third-order valence-electron chi connectivity index (χ3n) is 4.99. The fraction of sp³-hybridized carbons (Fsp3) is 0.938. The first-order valence-electron chi connectivity index (χ1n) is 8.00. The molecule has 1 atom stereocenters. The zero-order valence-electron chi connectivity index (χ0n) is 12.0. The Morgan fingerprint density at radius 3 is 2.61 bits per heavy atom. The summed E-state index contributed by atoms with van der Waals surface area (Å²) in [6.45, 7) is 4.55. The second kappa shape index (κ2) is 6.70. The summed E-state index contributed by atoms with van der Waals surface area (Å²) in [6.07, 6.45) is 14.0. The lowest BCUT2D eigenvalue weighted by Crippen LogP contribution is -2.47. The van der Waals surface area contributed by atoms with Gasteiger partial charge >= 0.3 is 0 Å². The summed E-state index contributed by atoms with van der Waals surface area (Å²) in [6, 6.07) is 0.752. The Hall–Kier alpha value is -0.370. The monoisotopic (exact) mass is 251 g/mol. The molecule has 104 valence electrons. The van der Waals surface area contributed by atoms with Gasteiger partial charge in [-0.05, 0) is 38.6 Å². The lowest BCUT2D eigenvalue weighted by atomic mass is 9.74. The van der Waals surface area contributed by atoms with E-state index in [2.05, 4.69) is 11.8 Å². The van der Waals surface area contributed by atoms with Crippen molar-refractivity contribution in [1.29, 1.82) is 0 Å². The van der Waals surface area contributed by atoms with Crippen LogP contribution in [0.3, 0.4) is 0 Å². The van der Waals surface area contributed by atoms with Crippen molar-refractivity contribution in [2.45, 2.75) is 77.2 Å². The number of carbonyl (C=O) groups is 1. The van der Waals surface area contributed by atoms with Crippen LogP contribution in [0.2, 0.25) is 0 Å². The van der Waals surface area contributed by atoms with Gasteiger partial charge in [0.2, 0.25) is 0 Å². The van der Waals surface area contributed by atoms with Gasteiger partial charge in [-0.3, -0.25) is 4.90 Å². The molecule has 2 nitrogen and oxygen atoms in total. The average molecular weight is 251 g/mol. The van der Waals surface area contributed by atoms with E-state index in [0.717, 1.165) is 25.4 Å². The van der Waals surface area contributed by atoms with Gasteiger partial charge < -0.3 is 4.79 Å². The summed E-state index contributed by atoms with van der Waals surface area (Å²) < 4.78 is 0. The third kappa shape index (κ3) is 3.34. The Labute approximate surface area is 112 Å². The molecule has 0 radical (unpaired) electrons. The quantitative estimate of drug-likeness (QED) is 0.693. The summed E-state index contributed by atoms with van der Waals surface area (Å²) in [5.74, 6) is 0. The molecule has 1 saturated carbocycles. The molecule has 0 spiro atoms. The first-order chi connectivity index (χ1) is 8.79. The van der Waals surface area contributed by atoms with Crippen molar-refractivity contribution in [2.24, 2.45) is 5.41 Å². The molecule has 2 fully saturated rings. The summed E-state index contributed by atoms with van der Waals surface area (Å²) in [5.41, 5.74) is 0.00157. The maximum Gasteiger partial charge on any atom is 0.127 e. The molecule has 1 aliphatic heterocycles. The molecule has 0 aromatic rings. The fourth-order valence-corrected chi connectivity index (χ4v) is 3.90. The van der Waals surface area contributed by atoms with Crippen LogP contribution in [-0.2, 0) is 4.79 Å². The van der Waals surface area contributed by atoms with Crippen LogP contribution in [0.15, 0.2) is 0 Å². The smallest absolute Gasteiger partial charge is 0.127 e. The van der Waals surface area contributed by atoms with E-state index in [9.17, 15) is 4.79 Å². The van der Waals surface area contributed by atoms with E-state index >= 15 is 0 Å². The number of nitrogens with zero attached hydrogens (tertiary/aromatic N) is 1. The number of likely N-dealkylation sites (tertiary alicyclic amines) is 1. The minimum absolute atomic E-state index is 0.00157. The van der Waals surface area contributed by atoms with Crippen molar-refractivity contribution in [1.82, 2.24) is 4.90 Å². The number of hydrogen-bond donors (Lipinski definition) is 0. The highest BCUT2D eigenvalue weighted by atomic mass is 16.1. The van der Waals surface area contributed by atoms with Crippen LogP contribution in [-0.4, -0.2) is 30.3 Å². The topological polar surface area (TPSA) is 20.3 Å². The largest absolute Gasteiger partial charge is 0.303 e. The van der Waals surface area contributed by atoms with Crippen LogP contribution < -0.4 is 0 Å². The predicted molar refractivity (Wildman–Crippen MR) is 75.7 cm³/mol. The van der Waals surface area contributed by atoms with Crippen LogP contribution in [0.1, 0.15) is 71.1 Å². The zero-order valence-corrected chi connectivity index (χ0v) is 12.0. The molecular formula is C16H29NO. The maximum atomic E-state index is 11.6. The zero-order chi connectivity index (χ0) is 12.8. The van der Waals surface area contributed by atoms with Gasteiger partial charge in [0, 0.05) is 18.0 Å². The standard InChI is InChI=1S/C16H29NO/c1-2-8-15-9-4-7-12-17(15)13-16(14-18)10-5-3-6-11-16/h14-15H,2-13H2,1H3. The van der Waals surface area contributed by atoms with Gasteiger partial charge in [0.05, 0.1) is 0 Å². The molecule has 0 bridgehead atoms. The summed E-state index contributed by atoms with van der Waals surface area (Å²) in [4.78, 5) is 14.2. The minimum atomic E-state index is 0.00157. The van der Waals surface area contributed by atoms with Gasteiger partial charge in [0.15, 0.2) is 0 Å². The van der Waals surface area contributed by atoms with E-state index in [1.807, 2.05) is 0 Å². The van der Waals surface area contributed by atoms with Crippen molar-refractivity contribution in [3.8, 4) is 0 Å². The van der Waals surface area contributed by atoms with Crippen LogP contribution in [0.5, 0.6) is 0 Å². The second-order valence-electron chi connectivity index (χ2n) is 6.45. The normalized spacial score (nSPS) is 29.1. The van der Waals surface area contributed by atoms with Crippen LogP contribution in [0.25, 0.3) is 0 Å². The molecule has 2 rings (SSSR count). The van der Waals surface area contributed by atoms with E-state index in [1.54, 1.807) is 0 Å². The molecule has 2 aliphatic rings. The van der Waals surface area contributed by atoms with Gasteiger partial charge in [-0.15, -0.1) is 0 Å². The summed E-state index contributed by atoms with van der Waals surface area (Å²) in [7, 11) is 0. The van der Waals surface area contributed by atoms with E-state index in [0.29, 0.717) is 0 Å². The van der Waals surface area contributed by atoms with Gasteiger partial charge in [-0.25, -0.2) is 0 Å². The SMILES string of the molecule is CCCC1CCCCN1CC1(C=O)CCCCC1. The van der Waals surface area contributed by atoms with Gasteiger partial charge in [-0.1, -0.05) is 39.0 Å². The van der Waals surface area contributed by atoms with Crippen LogP contribution >= 0.6 is 0 Å². The maximum absolute atomic E-state index is 11.6. The molecule has 1 unspecified atom stereocenters. The highest BCUT2D eigenvalue weighted by Crippen LogP contribution is 2.37. The lowest BCUT2D eigenvalue weighted by Gasteiger charge is -2.42. The third-order valence-corrected chi connectivity index (χ3v) is 4.99. The van der Waals surface area contributed by atoms with E-state index in [-0.39, 0.29) is 5.41 Å². The van der Waals surface area contributed by atoms with Crippen LogP contribution in [0, 0.1) is 5.41 Å². The highest BCUT2D eigenvalue weighted by Gasteiger charge is 2.35. The molecule has 1 aliphatic carbocycles. The molecule has 0 aromatic carbocycles. The Morgan fingerprint density at radius 2 is 1.94 bits per heavy atom. The Balaban J connectivity index is 1.97. The van der Waals surface area contributed by atoms with Crippen LogP contribution in [0.4, 0.5) is 0 Å². The van der Waals surface area contributed by atoms with Crippen molar-refractivity contribution < 1.29 is 4.79 Å². The Morgan fingerprint density at radius 1 is 1.17 bits per heavy atom. The van der Waals surface area contributed by atoms with Gasteiger partial charge in [0.1, 0.15) is 6.29 Å². The number of hydrogen-bond acceptors (Lipinski definition) is 2. The summed E-state index contributed by atoms with van der Waals surface area (Å²) >= 11 is 0. The van der Waals surface area contributed by atoms with Gasteiger partial charge in [0.25, 0.3) is 0 Å². The number of piperidine rings is 1. The first kappa shape index (κ1) is 14.0. The fourth-order valence-electron chi connectivity index (χ4n) is 3.90. The molecule has 0 N–H and O–H groups in total. The average Bonchev–Trinajstić information content (AvgIpc) is 2.42. The first-order valence-corrected chi connectivity index (χ1v) is 8.00.